The Kier molecular flexibility index (Phi) is 6.38. The van der Waals surface area contributed by atoms with Crippen LogP contribution in [-0.2, 0) is 33.9 Å². The van der Waals surface area contributed by atoms with Crippen molar-refractivity contribution in [3.05, 3.63) is 11.1 Å². The molecule has 2 rings (SSSR count). The lowest BCUT2D eigenvalue weighted by Gasteiger charge is -2.50. The quantitative estimate of drug-likeness (QED) is 0.0964. The molecule has 1 saturated heterocycles. The number of nitrogens with two attached hydrogens (primary N) is 1. The van der Waals surface area contributed by atoms with Gasteiger partial charge in [-0.05, 0) is 13.8 Å². The smallest absolute Gasteiger partial charge is 0.375 e. The molecule has 15 nitrogen and oxygen atoms in total. The van der Waals surface area contributed by atoms with Crippen molar-refractivity contribution in [1.29, 1.82) is 0 Å². The highest BCUT2D eigenvalue weighted by Gasteiger charge is 2.57. The summed E-state index contributed by atoms with van der Waals surface area (Å²) < 4.78 is 34.3. The maximum atomic E-state index is 11.9. The van der Waals surface area contributed by atoms with Crippen LogP contribution in [-0.4, -0.2) is 63.7 Å². The van der Waals surface area contributed by atoms with Gasteiger partial charge in [-0.2, -0.15) is 13.5 Å². The van der Waals surface area contributed by atoms with Crippen molar-refractivity contribution < 1.29 is 41.7 Å². The highest BCUT2D eigenvalue weighted by molar-refractivity contribution is 7.80. The SMILES string of the molecule is CC1(C)[C@H](NC(=O)C=NOC(C(=O)NO)c2csc(N)n2)C(=O)N1OS(=O)(=O)O. The number of carbonyl (C=O) groups is 3. The number of β-lactam (4-membered cyclic amide) rings is 1. The van der Waals surface area contributed by atoms with Crippen LogP contribution in [0.3, 0.4) is 0 Å². The van der Waals surface area contributed by atoms with E-state index in [4.69, 9.17) is 20.3 Å². The number of thiazole rings is 1. The number of amides is 3. The first-order valence-corrected chi connectivity index (χ1v) is 9.77. The Morgan fingerprint density at radius 2 is 2.17 bits per heavy atom. The Hall–Kier alpha value is -2.86. The van der Waals surface area contributed by atoms with E-state index in [1.807, 2.05) is 0 Å². The average Bonchev–Trinajstić information content (AvgIpc) is 3.05. The molecule has 1 aliphatic heterocycles. The first kappa shape index (κ1) is 22.4. The fourth-order valence-corrected chi connectivity index (χ4v) is 3.28. The Bertz CT molecular complexity index is 943. The van der Waals surface area contributed by atoms with Crippen molar-refractivity contribution in [1.82, 2.24) is 20.8 Å². The van der Waals surface area contributed by atoms with Gasteiger partial charge in [-0.1, -0.05) is 5.16 Å². The molecule has 2 heterocycles. The zero-order valence-electron chi connectivity index (χ0n) is 14.8. The molecule has 6 N–H and O–H groups in total. The summed E-state index contributed by atoms with van der Waals surface area (Å²) in [6.45, 7) is 2.73. The minimum atomic E-state index is -4.93. The molecule has 0 spiro atoms. The molecular weight excluding hydrogens is 436 g/mol. The van der Waals surface area contributed by atoms with Crippen LogP contribution in [0.15, 0.2) is 10.5 Å². The van der Waals surface area contributed by atoms with E-state index in [2.05, 4.69) is 19.7 Å². The van der Waals surface area contributed by atoms with Gasteiger partial charge in [0.05, 0.1) is 5.54 Å². The van der Waals surface area contributed by atoms with E-state index in [9.17, 15) is 22.8 Å². The average molecular weight is 452 g/mol. The van der Waals surface area contributed by atoms with Crippen LogP contribution in [0.1, 0.15) is 25.6 Å². The highest BCUT2D eigenvalue weighted by atomic mass is 32.3. The maximum absolute atomic E-state index is 11.9. The molecule has 1 aromatic heterocycles. The van der Waals surface area contributed by atoms with Crippen molar-refractivity contribution in [2.75, 3.05) is 5.73 Å². The first-order valence-electron chi connectivity index (χ1n) is 7.52. The second-order valence-electron chi connectivity index (χ2n) is 6.04. The van der Waals surface area contributed by atoms with Gasteiger partial charge in [-0.3, -0.25) is 24.1 Å². The third kappa shape index (κ3) is 5.15. The summed E-state index contributed by atoms with van der Waals surface area (Å²) >= 11 is 1.00. The van der Waals surface area contributed by atoms with Crippen molar-refractivity contribution in [2.24, 2.45) is 5.16 Å². The fourth-order valence-electron chi connectivity index (χ4n) is 2.25. The number of oxime groups is 1. The van der Waals surface area contributed by atoms with E-state index in [0.717, 1.165) is 11.3 Å². The predicted molar refractivity (Wildman–Crippen MR) is 94.3 cm³/mol. The van der Waals surface area contributed by atoms with Crippen molar-refractivity contribution in [2.45, 2.75) is 31.5 Å². The number of anilines is 1. The van der Waals surface area contributed by atoms with Gasteiger partial charge in [-0.15, -0.1) is 15.6 Å². The number of hydrogen-bond donors (Lipinski definition) is 5. The van der Waals surface area contributed by atoms with Crippen LogP contribution < -0.4 is 16.5 Å². The minimum Gasteiger partial charge on any atom is -0.375 e. The summed E-state index contributed by atoms with van der Waals surface area (Å²) in [5.41, 5.74) is 5.53. The summed E-state index contributed by atoms with van der Waals surface area (Å²) in [7, 11) is -4.93. The van der Waals surface area contributed by atoms with Crippen LogP contribution >= 0.6 is 11.3 Å². The Labute approximate surface area is 167 Å². The molecule has 1 aliphatic rings. The molecule has 3 amide bonds. The topological polar surface area (TPSA) is 223 Å². The van der Waals surface area contributed by atoms with Crippen molar-refractivity contribution in [3.63, 3.8) is 0 Å². The Morgan fingerprint density at radius 3 is 2.66 bits per heavy atom. The number of nitrogens with zero attached hydrogens (tertiary/aromatic N) is 3. The van der Waals surface area contributed by atoms with Gasteiger partial charge in [0.15, 0.2) is 5.13 Å². The molecule has 17 heteroatoms. The van der Waals surface area contributed by atoms with Crippen LogP contribution in [0, 0.1) is 0 Å². The number of hydrogen-bond acceptors (Lipinski definition) is 12. The summed E-state index contributed by atoms with van der Waals surface area (Å²) in [6, 6.07) is -1.20. The van der Waals surface area contributed by atoms with Gasteiger partial charge in [0.25, 0.3) is 17.7 Å². The number of aromatic nitrogens is 1. The summed E-state index contributed by atoms with van der Waals surface area (Å²) in [5, 5.41) is 16.2. The van der Waals surface area contributed by atoms with Gasteiger partial charge in [0, 0.05) is 5.38 Å². The summed E-state index contributed by atoms with van der Waals surface area (Å²) in [6.07, 6.45) is -0.902. The molecule has 0 radical (unpaired) electrons. The Balaban J connectivity index is 1.98. The molecule has 1 fully saturated rings. The third-order valence-electron chi connectivity index (χ3n) is 3.63. The lowest BCUT2D eigenvalue weighted by atomic mass is 9.84. The van der Waals surface area contributed by atoms with E-state index in [1.54, 1.807) is 0 Å². The first-order chi connectivity index (χ1) is 13.4. The van der Waals surface area contributed by atoms with E-state index in [-0.39, 0.29) is 10.8 Å². The van der Waals surface area contributed by atoms with Crippen LogP contribution in [0.5, 0.6) is 0 Å². The largest absolute Gasteiger partial charge is 0.418 e. The predicted octanol–water partition coefficient (Wildman–Crippen LogP) is -1.89. The highest BCUT2D eigenvalue weighted by Crippen LogP contribution is 2.32. The standard InChI is InChI=1S/C12H16N6O9S2/c1-12(2)8(10(21)18(12)27-29(23,24)25)16-6(19)3-14-26-7(9(20)17-22)5-4-28-11(13)15-5/h3-4,7-8,22H,1-2H3,(H2,13,15)(H,16,19)(H,17,20)(H,23,24,25)/t7?,8-/m1/s1. The molecule has 0 aliphatic carbocycles. The van der Waals surface area contributed by atoms with Crippen LogP contribution in [0.4, 0.5) is 5.13 Å². The van der Waals surface area contributed by atoms with Gasteiger partial charge in [0.1, 0.15) is 18.0 Å². The number of rotatable bonds is 8. The fraction of sp³-hybridized carbons (Fsp3) is 0.417. The molecule has 0 bridgehead atoms. The van der Waals surface area contributed by atoms with Gasteiger partial charge in [-0.25, -0.2) is 10.5 Å². The van der Waals surface area contributed by atoms with E-state index < -0.39 is 45.8 Å². The molecule has 29 heavy (non-hydrogen) atoms. The third-order valence-corrected chi connectivity index (χ3v) is 4.65. The second-order valence-corrected chi connectivity index (χ2v) is 7.93. The second kappa shape index (κ2) is 8.25. The molecule has 2 atom stereocenters. The van der Waals surface area contributed by atoms with Crippen molar-refractivity contribution >= 4 is 50.8 Å². The minimum absolute atomic E-state index is 0.0323. The van der Waals surface area contributed by atoms with E-state index in [0.29, 0.717) is 11.3 Å². The summed E-state index contributed by atoms with van der Waals surface area (Å²) in [5.74, 6) is -2.89. The molecular formula is C12H16N6O9S2. The van der Waals surface area contributed by atoms with Gasteiger partial charge in [0.2, 0.25) is 6.10 Å². The zero-order chi connectivity index (χ0) is 22.0. The lowest BCUT2D eigenvalue weighted by Crippen LogP contribution is -2.76. The number of hydroxylamine groups is 3. The zero-order valence-corrected chi connectivity index (χ0v) is 16.4. The monoisotopic (exact) mass is 452 g/mol. The van der Waals surface area contributed by atoms with Crippen molar-refractivity contribution in [3.8, 4) is 0 Å². The molecule has 1 aromatic rings. The number of nitrogens with one attached hydrogen (secondary N) is 2. The molecule has 0 saturated carbocycles. The van der Waals surface area contributed by atoms with E-state index in [1.165, 1.54) is 24.7 Å². The van der Waals surface area contributed by atoms with Crippen LogP contribution in [0.25, 0.3) is 0 Å². The van der Waals surface area contributed by atoms with Gasteiger partial charge >= 0.3 is 10.4 Å². The normalized spacial score (nSPS) is 19.5. The van der Waals surface area contributed by atoms with E-state index >= 15 is 0 Å². The van der Waals surface area contributed by atoms with Gasteiger partial charge < -0.3 is 15.9 Å². The lowest BCUT2D eigenvalue weighted by molar-refractivity contribution is -0.218. The van der Waals surface area contributed by atoms with Crippen LogP contribution in [0.2, 0.25) is 0 Å². The number of carbonyl (C=O) groups excluding carboxylic acids is 3. The summed E-state index contributed by atoms with van der Waals surface area (Å²) in [4.78, 5) is 44.2. The molecule has 160 valence electrons. The molecule has 0 aromatic carbocycles. The Morgan fingerprint density at radius 1 is 1.52 bits per heavy atom. The maximum Gasteiger partial charge on any atom is 0.418 e. The number of nitrogen functional groups attached to an aromatic ring is 1. The molecule has 1 unspecified atom stereocenters.